The van der Waals surface area contributed by atoms with Crippen molar-refractivity contribution < 1.29 is 14.3 Å². The van der Waals surface area contributed by atoms with E-state index in [-0.39, 0.29) is 11.8 Å². The zero-order valence-corrected chi connectivity index (χ0v) is 18.2. The number of nitrogens with zero attached hydrogens (tertiary/aromatic N) is 5. The summed E-state index contributed by atoms with van der Waals surface area (Å²) in [5, 5.41) is 2.94. The molecule has 9 heteroatoms. The average Bonchev–Trinajstić information content (AvgIpc) is 3.25. The van der Waals surface area contributed by atoms with Crippen LogP contribution in [0.3, 0.4) is 0 Å². The number of methoxy groups -OCH3 is 1. The SMILES string of the molecule is CCN1CCn2cc(C(=O)NCCN3CCN(c4ccc(OC)cc4)CC3)nc2C1=O. The summed E-state index contributed by atoms with van der Waals surface area (Å²) in [7, 11) is 1.67. The zero-order chi connectivity index (χ0) is 21.8. The molecule has 1 saturated heterocycles. The molecule has 0 aliphatic carbocycles. The summed E-state index contributed by atoms with van der Waals surface area (Å²) in [6.07, 6.45) is 1.68. The molecular formula is C22H30N6O3. The molecule has 0 atom stereocenters. The molecule has 1 aromatic heterocycles. The van der Waals surface area contributed by atoms with Crippen LogP contribution in [-0.4, -0.2) is 90.6 Å². The zero-order valence-electron chi connectivity index (χ0n) is 18.2. The van der Waals surface area contributed by atoms with Gasteiger partial charge in [-0.25, -0.2) is 4.98 Å². The summed E-state index contributed by atoms with van der Waals surface area (Å²) in [4.78, 5) is 35.6. The molecule has 0 radical (unpaired) electrons. The van der Waals surface area contributed by atoms with Crippen LogP contribution >= 0.6 is 0 Å². The van der Waals surface area contributed by atoms with Crippen LogP contribution in [-0.2, 0) is 6.54 Å². The van der Waals surface area contributed by atoms with E-state index in [0.717, 1.165) is 38.5 Å². The molecule has 2 aromatic rings. The lowest BCUT2D eigenvalue weighted by molar-refractivity contribution is 0.0707. The first kappa shape index (κ1) is 21.2. The summed E-state index contributed by atoms with van der Waals surface area (Å²) in [5.74, 6) is 0.883. The molecule has 4 rings (SSSR count). The van der Waals surface area contributed by atoms with E-state index in [0.29, 0.717) is 37.7 Å². The van der Waals surface area contributed by atoms with Crippen LogP contribution in [0, 0.1) is 0 Å². The van der Waals surface area contributed by atoms with Crippen LogP contribution in [0.2, 0.25) is 0 Å². The Hall–Kier alpha value is -3.07. The van der Waals surface area contributed by atoms with Gasteiger partial charge < -0.3 is 24.4 Å². The minimum Gasteiger partial charge on any atom is -0.497 e. The summed E-state index contributed by atoms with van der Waals surface area (Å²) >= 11 is 0. The molecule has 0 spiro atoms. The predicted octanol–water partition coefficient (Wildman–Crippen LogP) is 0.919. The fraction of sp³-hybridized carbons (Fsp3) is 0.500. The number of rotatable bonds is 7. The minimum atomic E-state index is -0.227. The number of hydrogen-bond acceptors (Lipinski definition) is 6. The first-order valence-electron chi connectivity index (χ1n) is 10.8. The van der Waals surface area contributed by atoms with Gasteiger partial charge in [0.1, 0.15) is 11.4 Å². The van der Waals surface area contributed by atoms with Gasteiger partial charge in [0.2, 0.25) is 0 Å². The summed E-state index contributed by atoms with van der Waals surface area (Å²) in [5.41, 5.74) is 1.51. The maximum absolute atomic E-state index is 12.5. The van der Waals surface area contributed by atoms with Gasteiger partial charge in [-0.3, -0.25) is 14.5 Å². The van der Waals surface area contributed by atoms with E-state index in [9.17, 15) is 9.59 Å². The molecule has 1 N–H and O–H groups in total. The van der Waals surface area contributed by atoms with E-state index in [2.05, 4.69) is 32.2 Å². The number of anilines is 1. The maximum Gasteiger partial charge on any atom is 0.289 e. The van der Waals surface area contributed by atoms with E-state index in [4.69, 9.17) is 4.74 Å². The standard InChI is InChI=1S/C22H30N6O3/c1-3-26-14-15-28-16-19(24-20(28)22(26)30)21(29)23-8-9-25-10-12-27(13-11-25)17-4-6-18(31-2)7-5-17/h4-7,16H,3,8-15H2,1-2H3,(H,23,29). The van der Waals surface area contributed by atoms with Crippen LogP contribution in [0.4, 0.5) is 5.69 Å². The Bertz CT molecular complexity index is 918. The lowest BCUT2D eigenvalue weighted by atomic mass is 10.2. The van der Waals surface area contributed by atoms with Crippen LogP contribution in [0.25, 0.3) is 0 Å². The second-order valence-electron chi connectivity index (χ2n) is 7.81. The first-order chi connectivity index (χ1) is 15.1. The Morgan fingerprint density at radius 1 is 1.10 bits per heavy atom. The van der Waals surface area contributed by atoms with Gasteiger partial charge in [-0.15, -0.1) is 0 Å². The second-order valence-corrected chi connectivity index (χ2v) is 7.81. The van der Waals surface area contributed by atoms with Gasteiger partial charge in [-0.05, 0) is 31.2 Å². The van der Waals surface area contributed by atoms with Gasteiger partial charge in [0.05, 0.1) is 7.11 Å². The Morgan fingerprint density at radius 3 is 2.52 bits per heavy atom. The molecule has 2 aliphatic heterocycles. The fourth-order valence-corrected chi connectivity index (χ4v) is 4.08. The molecule has 1 aromatic carbocycles. The number of benzene rings is 1. The van der Waals surface area contributed by atoms with Crippen molar-refractivity contribution in [3.05, 3.63) is 42.0 Å². The van der Waals surface area contributed by atoms with Crippen molar-refractivity contribution in [1.29, 1.82) is 0 Å². The van der Waals surface area contributed by atoms with E-state index in [1.165, 1.54) is 5.69 Å². The van der Waals surface area contributed by atoms with Crippen molar-refractivity contribution >= 4 is 17.5 Å². The van der Waals surface area contributed by atoms with Gasteiger partial charge in [0.15, 0.2) is 5.82 Å². The van der Waals surface area contributed by atoms with Crippen LogP contribution < -0.4 is 15.0 Å². The Balaban J connectivity index is 1.22. The highest BCUT2D eigenvalue weighted by Gasteiger charge is 2.27. The molecule has 31 heavy (non-hydrogen) atoms. The normalized spacial score (nSPS) is 16.9. The third-order valence-electron chi connectivity index (χ3n) is 6.00. The molecule has 1 fully saturated rings. The number of likely N-dealkylation sites (N-methyl/N-ethyl adjacent to an activating group) is 1. The molecule has 2 amide bonds. The highest BCUT2D eigenvalue weighted by molar-refractivity contribution is 5.96. The summed E-state index contributed by atoms with van der Waals surface area (Å²) in [6, 6.07) is 8.14. The van der Waals surface area contributed by atoms with E-state index >= 15 is 0 Å². The predicted molar refractivity (Wildman–Crippen MR) is 118 cm³/mol. The van der Waals surface area contributed by atoms with E-state index < -0.39 is 0 Å². The number of imidazole rings is 1. The lowest BCUT2D eigenvalue weighted by Crippen LogP contribution is -2.48. The summed E-state index contributed by atoms with van der Waals surface area (Å²) in [6.45, 7) is 9.06. The molecular weight excluding hydrogens is 396 g/mol. The van der Waals surface area contributed by atoms with Crippen molar-refractivity contribution in [2.24, 2.45) is 0 Å². The Labute approximate surface area is 182 Å². The van der Waals surface area contributed by atoms with Crippen LogP contribution in [0.1, 0.15) is 28.0 Å². The molecule has 2 aliphatic rings. The fourth-order valence-electron chi connectivity index (χ4n) is 4.08. The van der Waals surface area contributed by atoms with Crippen molar-refractivity contribution in [3.8, 4) is 5.75 Å². The third kappa shape index (κ3) is 4.66. The number of amides is 2. The van der Waals surface area contributed by atoms with Gasteiger partial charge in [0.25, 0.3) is 11.8 Å². The van der Waals surface area contributed by atoms with Gasteiger partial charge >= 0.3 is 0 Å². The van der Waals surface area contributed by atoms with Crippen molar-refractivity contribution in [2.75, 3.05) is 64.4 Å². The Morgan fingerprint density at radius 2 is 1.84 bits per heavy atom. The number of carbonyl (C=O) groups is 2. The molecule has 3 heterocycles. The van der Waals surface area contributed by atoms with Gasteiger partial charge in [-0.2, -0.15) is 0 Å². The van der Waals surface area contributed by atoms with E-state index in [1.807, 2.05) is 19.1 Å². The Kier molecular flexibility index (Phi) is 6.41. The topological polar surface area (TPSA) is 82.9 Å². The monoisotopic (exact) mass is 426 g/mol. The van der Waals surface area contributed by atoms with Gasteiger partial charge in [0, 0.05) is 70.8 Å². The molecule has 0 bridgehead atoms. The van der Waals surface area contributed by atoms with Crippen molar-refractivity contribution in [3.63, 3.8) is 0 Å². The first-order valence-corrected chi connectivity index (χ1v) is 10.8. The number of ether oxygens (including phenoxy) is 1. The van der Waals surface area contributed by atoms with Crippen molar-refractivity contribution in [1.82, 2.24) is 24.7 Å². The number of carbonyl (C=O) groups excluding carboxylic acids is 2. The quantitative estimate of drug-likeness (QED) is 0.709. The molecule has 0 unspecified atom stereocenters. The number of piperazine rings is 1. The highest BCUT2D eigenvalue weighted by atomic mass is 16.5. The van der Waals surface area contributed by atoms with Crippen LogP contribution in [0.5, 0.6) is 5.75 Å². The molecule has 166 valence electrons. The molecule has 0 saturated carbocycles. The number of aromatic nitrogens is 2. The highest BCUT2D eigenvalue weighted by Crippen LogP contribution is 2.20. The van der Waals surface area contributed by atoms with Gasteiger partial charge in [-0.1, -0.05) is 0 Å². The lowest BCUT2D eigenvalue weighted by Gasteiger charge is -2.36. The van der Waals surface area contributed by atoms with E-state index in [1.54, 1.807) is 22.8 Å². The summed E-state index contributed by atoms with van der Waals surface area (Å²) < 4.78 is 7.00. The smallest absolute Gasteiger partial charge is 0.289 e. The molecule has 9 nitrogen and oxygen atoms in total. The number of nitrogens with one attached hydrogen (secondary N) is 1. The van der Waals surface area contributed by atoms with Crippen molar-refractivity contribution in [2.45, 2.75) is 13.5 Å². The minimum absolute atomic E-state index is 0.109. The number of fused-ring (bicyclic) bond motifs is 1. The average molecular weight is 427 g/mol. The largest absolute Gasteiger partial charge is 0.497 e. The second kappa shape index (κ2) is 9.38. The number of hydrogen-bond donors (Lipinski definition) is 1. The third-order valence-corrected chi connectivity index (χ3v) is 6.00. The maximum atomic E-state index is 12.5. The van der Waals surface area contributed by atoms with Crippen LogP contribution in [0.15, 0.2) is 30.5 Å².